The molecule has 3 aromatic heterocycles. The molecule has 1 N–H and O–H groups in total. The molecule has 1 aliphatic rings. The molecule has 0 bridgehead atoms. The highest BCUT2D eigenvalue weighted by Gasteiger charge is 2.53. The first kappa shape index (κ1) is 23.7. The van der Waals surface area contributed by atoms with Crippen molar-refractivity contribution in [3.05, 3.63) is 42.7 Å². The SMILES string of the molecule is Cc1sc(C(C)(O)C(F)(F)F)nc1Cn1c(=O)c2c(ncn2CC2CCCCC2)n(C)c1=O. The zero-order valence-corrected chi connectivity index (χ0v) is 19.5. The van der Waals surface area contributed by atoms with Crippen LogP contribution >= 0.6 is 11.3 Å². The molecule has 0 aliphatic heterocycles. The standard InChI is InChI=1S/C21H26F3N5O3S/c1-12-14(26-18(33-12)20(2,32)21(22,23)24)10-29-17(30)15-16(27(3)19(29)31)25-11-28(15)9-13-7-5-4-6-8-13/h11,13,32H,4-10H2,1-3H3. The van der Waals surface area contributed by atoms with Crippen LogP contribution in [0.15, 0.2) is 15.9 Å². The van der Waals surface area contributed by atoms with E-state index >= 15 is 0 Å². The second-order valence-electron chi connectivity index (χ2n) is 8.90. The van der Waals surface area contributed by atoms with Gasteiger partial charge in [0.25, 0.3) is 5.56 Å². The Hall–Kier alpha value is -2.47. The van der Waals surface area contributed by atoms with Gasteiger partial charge in [-0.05, 0) is 32.6 Å². The van der Waals surface area contributed by atoms with E-state index in [1.165, 1.54) is 18.0 Å². The number of halogens is 3. The van der Waals surface area contributed by atoms with Gasteiger partial charge >= 0.3 is 11.9 Å². The van der Waals surface area contributed by atoms with Crippen LogP contribution in [0.4, 0.5) is 13.2 Å². The Kier molecular flexibility index (Phi) is 6.02. The summed E-state index contributed by atoms with van der Waals surface area (Å²) in [6, 6.07) is 0. The van der Waals surface area contributed by atoms with E-state index in [1.807, 2.05) is 0 Å². The highest BCUT2D eigenvalue weighted by atomic mass is 32.1. The number of thiazole rings is 1. The number of alkyl halides is 3. The summed E-state index contributed by atoms with van der Waals surface area (Å²) < 4.78 is 43.7. The van der Waals surface area contributed by atoms with Crippen molar-refractivity contribution in [3.8, 4) is 0 Å². The van der Waals surface area contributed by atoms with Crippen molar-refractivity contribution in [1.29, 1.82) is 0 Å². The van der Waals surface area contributed by atoms with Gasteiger partial charge in [0.1, 0.15) is 5.01 Å². The molecule has 0 amide bonds. The van der Waals surface area contributed by atoms with Crippen LogP contribution in [0.3, 0.4) is 0 Å². The van der Waals surface area contributed by atoms with Crippen molar-refractivity contribution in [1.82, 2.24) is 23.7 Å². The maximum Gasteiger partial charge on any atom is 0.423 e. The van der Waals surface area contributed by atoms with Crippen LogP contribution in [-0.2, 0) is 25.7 Å². The molecule has 0 radical (unpaired) electrons. The summed E-state index contributed by atoms with van der Waals surface area (Å²) in [7, 11) is 1.51. The molecule has 0 spiro atoms. The second kappa shape index (κ2) is 8.39. The highest BCUT2D eigenvalue weighted by molar-refractivity contribution is 7.11. The van der Waals surface area contributed by atoms with Crippen LogP contribution in [0.25, 0.3) is 11.2 Å². The topological polar surface area (TPSA) is 94.9 Å². The first-order valence-corrected chi connectivity index (χ1v) is 11.6. The summed E-state index contributed by atoms with van der Waals surface area (Å²) in [6.45, 7) is 2.51. The summed E-state index contributed by atoms with van der Waals surface area (Å²) in [4.78, 5) is 34.9. The Morgan fingerprint density at radius 2 is 1.88 bits per heavy atom. The number of rotatable bonds is 5. The van der Waals surface area contributed by atoms with Crippen LogP contribution < -0.4 is 11.2 Å². The fraction of sp³-hybridized carbons (Fsp3) is 0.619. The minimum absolute atomic E-state index is 0.136. The summed E-state index contributed by atoms with van der Waals surface area (Å²) in [6.07, 6.45) is 2.29. The van der Waals surface area contributed by atoms with Gasteiger partial charge in [0, 0.05) is 18.5 Å². The number of imidazole rings is 1. The molecule has 1 unspecified atom stereocenters. The number of hydrogen-bond acceptors (Lipinski definition) is 6. The molecule has 1 saturated carbocycles. The zero-order chi connectivity index (χ0) is 24.1. The Bertz CT molecular complexity index is 1300. The molecule has 3 heterocycles. The predicted molar refractivity (Wildman–Crippen MR) is 117 cm³/mol. The first-order valence-electron chi connectivity index (χ1n) is 10.8. The number of nitrogens with zero attached hydrogens (tertiary/aromatic N) is 5. The van der Waals surface area contributed by atoms with Gasteiger partial charge in [0.05, 0.1) is 18.6 Å². The molecule has 8 nitrogen and oxygen atoms in total. The quantitative estimate of drug-likeness (QED) is 0.600. The van der Waals surface area contributed by atoms with Crippen LogP contribution in [0.5, 0.6) is 0 Å². The van der Waals surface area contributed by atoms with Crippen LogP contribution in [-0.4, -0.2) is 35.0 Å². The number of aryl methyl sites for hydroxylation is 2. The maximum absolute atomic E-state index is 13.3. The molecule has 12 heteroatoms. The Morgan fingerprint density at radius 1 is 1.21 bits per heavy atom. The molecule has 33 heavy (non-hydrogen) atoms. The lowest BCUT2D eigenvalue weighted by Crippen LogP contribution is -2.40. The molecular formula is C21H26F3N5O3S. The van der Waals surface area contributed by atoms with Gasteiger partial charge in [-0.15, -0.1) is 11.3 Å². The third kappa shape index (κ3) is 4.14. The van der Waals surface area contributed by atoms with E-state index in [-0.39, 0.29) is 23.4 Å². The minimum atomic E-state index is -4.91. The molecule has 180 valence electrons. The predicted octanol–water partition coefficient (Wildman–Crippen LogP) is 3.06. The number of hydrogen-bond donors (Lipinski definition) is 1. The number of aromatic nitrogens is 5. The molecule has 1 fully saturated rings. The van der Waals surface area contributed by atoms with E-state index in [0.29, 0.717) is 35.6 Å². The van der Waals surface area contributed by atoms with Crippen molar-refractivity contribution in [2.24, 2.45) is 13.0 Å². The second-order valence-corrected chi connectivity index (χ2v) is 10.1. The molecule has 4 rings (SSSR count). The molecule has 0 aromatic carbocycles. The van der Waals surface area contributed by atoms with Gasteiger partial charge in [-0.25, -0.2) is 14.8 Å². The molecule has 0 saturated heterocycles. The van der Waals surface area contributed by atoms with E-state index in [9.17, 15) is 27.9 Å². The fourth-order valence-corrected chi connectivity index (χ4v) is 5.29. The lowest BCUT2D eigenvalue weighted by atomic mass is 9.89. The van der Waals surface area contributed by atoms with Crippen molar-refractivity contribution >= 4 is 22.5 Å². The zero-order valence-electron chi connectivity index (χ0n) is 18.6. The fourth-order valence-electron chi connectivity index (χ4n) is 4.30. The van der Waals surface area contributed by atoms with E-state index in [2.05, 4.69) is 9.97 Å². The van der Waals surface area contributed by atoms with Gasteiger partial charge < -0.3 is 9.67 Å². The van der Waals surface area contributed by atoms with E-state index < -0.39 is 28.0 Å². The third-order valence-corrected chi connectivity index (χ3v) is 7.67. The molecular weight excluding hydrogens is 459 g/mol. The summed E-state index contributed by atoms with van der Waals surface area (Å²) in [5, 5.41) is 9.43. The lowest BCUT2D eigenvalue weighted by molar-refractivity contribution is -0.258. The van der Waals surface area contributed by atoms with Gasteiger partial charge in [-0.1, -0.05) is 19.3 Å². The van der Waals surface area contributed by atoms with Gasteiger partial charge in [0.15, 0.2) is 11.2 Å². The normalized spacial score (nSPS) is 17.5. The van der Waals surface area contributed by atoms with Gasteiger partial charge in [0.2, 0.25) is 5.60 Å². The first-order chi connectivity index (χ1) is 15.4. The van der Waals surface area contributed by atoms with Gasteiger partial charge in [-0.2, -0.15) is 13.2 Å². The van der Waals surface area contributed by atoms with E-state index in [4.69, 9.17) is 0 Å². The van der Waals surface area contributed by atoms with E-state index in [0.717, 1.165) is 30.3 Å². The van der Waals surface area contributed by atoms with Gasteiger partial charge in [-0.3, -0.25) is 13.9 Å². The average molecular weight is 486 g/mol. The van der Waals surface area contributed by atoms with Crippen LogP contribution in [0.1, 0.15) is 54.6 Å². The molecule has 1 atom stereocenters. The van der Waals surface area contributed by atoms with Crippen LogP contribution in [0.2, 0.25) is 0 Å². The Balaban J connectivity index is 1.75. The largest absolute Gasteiger partial charge is 0.423 e. The molecule has 3 aromatic rings. The van der Waals surface area contributed by atoms with Crippen LogP contribution in [0, 0.1) is 12.8 Å². The lowest BCUT2D eigenvalue weighted by Gasteiger charge is -2.23. The third-order valence-electron chi connectivity index (χ3n) is 6.45. The smallest absolute Gasteiger partial charge is 0.375 e. The summed E-state index contributed by atoms with van der Waals surface area (Å²) >= 11 is 0.692. The number of fused-ring (bicyclic) bond motifs is 1. The maximum atomic E-state index is 13.3. The summed E-state index contributed by atoms with van der Waals surface area (Å²) in [5.74, 6) is 0.425. The highest BCUT2D eigenvalue weighted by Crippen LogP contribution is 2.40. The van der Waals surface area contributed by atoms with Crippen molar-refractivity contribution in [2.45, 2.75) is 70.8 Å². The average Bonchev–Trinajstić information content (AvgIpc) is 3.33. The Morgan fingerprint density at radius 3 is 2.52 bits per heavy atom. The minimum Gasteiger partial charge on any atom is -0.375 e. The van der Waals surface area contributed by atoms with Crippen molar-refractivity contribution < 1.29 is 18.3 Å². The Labute approximate surface area is 191 Å². The molecule has 1 aliphatic carbocycles. The van der Waals surface area contributed by atoms with Crippen molar-refractivity contribution in [2.75, 3.05) is 0 Å². The summed E-state index contributed by atoms with van der Waals surface area (Å²) in [5.41, 5.74) is -3.62. The van der Waals surface area contributed by atoms with Crippen molar-refractivity contribution in [3.63, 3.8) is 0 Å². The van der Waals surface area contributed by atoms with E-state index in [1.54, 1.807) is 17.8 Å². The monoisotopic (exact) mass is 485 g/mol. The number of aliphatic hydroxyl groups is 1.